The summed E-state index contributed by atoms with van der Waals surface area (Å²) in [5, 5.41) is 20.2. The van der Waals surface area contributed by atoms with Crippen LogP contribution in [0.1, 0.15) is 38.2 Å². The van der Waals surface area contributed by atoms with Gasteiger partial charge in [0.1, 0.15) is 11.4 Å². The van der Waals surface area contributed by atoms with Crippen molar-refractivity contribution in [2.45, 2.75) is 56.4 Å². The average Bonchev–Trinajstić information content (AvgIpc) is 3.10. The van der Waals surface area contributed by atoms with Crippen molar-refractivity contribution in [1.29, 1.82) is 0 Å². The van der Waals surface area contributed by atoms with Gasteiger partial charge in [0.05, 0.1) is 22.6 Å². The second-order valence-corrected chi connectivity index (χ2v) is 10.9. The Labute approximate surface area is 198 Å². The molecule has 1 aromatic carbocycles. The smallest absolute Gasteiger partial charge is 0.243 e. The number of hydrogen-bond acceptors (Lipinski definition) is 6. The van der Waals surface area contributed by atoms with E-state index in [4.69, 9.17) is 16.3 Å². The lowest BCUT2D eigenvalue weighted by atomic mass is 9.90. The molecule has 178 valence electrons. The molecule has 1 saturated heterocycles. The number of ether oxygens (including phenoxy) is 1. The molecule has 4 rings (SSSR count). The van der Waals surface area contributed by atoms with Crippen molar-refractivity contribution in [3.63, 3.8) is 0 Å². The maximum absolute atomic E-state index is 13.1. The van der Waals surface area contributed by atoms with Crippen molar-refractivity contribution in [1.82, 2.24) is 13.9 Å². The number of pyridine rings is 1. The van der Waals surface area contributed by atoms with E-state index in [-0.39, 0.29) is 23.5 Å². The van der Waals surface area contributed by atoms with Crippen LogP contribution in [0.5, 0.6) is 5.75 Å². The number of aliphatic hydroxyl groups excluding tert-OH is 1. The molecular weight excluding hydrogens is 466 g/mol. The Morgan fingerprint density at radius 3 is 2.45 bits per heavy atom. The SMILES string of the molecule is CC(C)Oc1ccc(S(=O)(=O)N2CCC(c3cn(CC(O)O)c4ncc(Cl)cc34)CC2)cc1. The largest absolute Gasteiger partial charge is 0.491 e. The number of piperidine rings is 1. The Balaban J connectivity index is 1.52. The van der Waals surface area contributed by atoms with Gasteiger partial charge in [-0.1, -0.05) is 11.6 Å². The van der Waals surface area contributed by atoms with Crippen LogP contribution in [0.3, 0.4) is 0 Å². The fourth-order valence-electron chi connectivity index (χ4n) is 4.33. The summed E-state index contributed by atoms with van der Waals surface area (Å²) >= 11 is 6.17. The third kappa shape index (κ3) is 5.17. The van der Waals surface area contributed by atoms with Crippen LogP contribution in [0.15, 0.2) is 47.6 Å². The summed E-state index contributed by atoms with van der Waals surface area (Å²) in [6.45, 7) is 4.61. The van der Waals surface area contributed by atoms with Crippen LogP contribution in [0.4, 0.5) is 0 Å². The highest BCUT2D eigenvalue weighted by molar-refractivity contribution is 7.89. The zero-order valence-electron chi connectivity index (χ0n) is 18.6. The number of rotatable bonds is 7. The number of aromatic nitrogens is 2. The van der Waals surface area contributed by atoms with Crippen LogP contribution >= 0.6 is 11.6 Å². The van der Waals surface area contributed by atoms with Crippen LogP contribution in [0.25, 0.3) is 11.0 Å². The molecular formula is C23H28ClN3O5S. The first-order valence-electron chi connectivity index (χ1n) is 10.9. The summed E-state index contributed by atoms with van der Waals surface area (Å²) in [6.07, 6.45) is 3.19. The minimum Gasteiger partial charge on any atom is -0.491 e. The van der Waals surface area contributed by atoms with Gasteiger partial charge in [-0.2, -0.15) is 4.31 Å². The van der Waals surface area contributed by atoms with Crippen molar-refractivity contribution in [3.8, 4) is 5.75 Å². The molecule has 3 aromatic rings. The highest BCUT2D eigenvalue weighted by atomic mass is 35.5. The molecule has 33 heavy (non-hydrogen) atoms. The molecule has 2 N–H and O–H groups in total. The molecule has 1 aliphatic heterocycles. The molecule has 3 heterocycles. The number of benzene rings is 1. The van der Waals surface area contributed by atoms with Gasteiger partial charge in [-0.15, -0.1) is 0 Å². The molecule has 8 nitrogen and oxygen atoms in total. The van der Waals surface area contributed by atoms with Gasteiger partial charge in [-0.3, -0.25) is 0 Å². The average molecular weight is 494 g/mol. The molecule has 0 atom stereocenters. The molecule has 10 heteroatoms. The first kappa shape index (κ1) is 24.0. The molecule has 0 aliphatic carbocycles. The van der Waals surface area contributed by atoms with E-state index in [0.717, 1.165) is 10.9 Å². The summed E-state index contributed by atoms with van der Waals surface area (Å²) in [7, 11) is -3.60. The number of sulfonamides is 1. The fraction of sp³-hybridized carbons (Fsp3) is 0.435. The molecule has 0 amide bonds. The van der Waals surface area contributed by atoms with Gasteiger partial charge in [0.25, 0.3) is 0 Å². The van der Waals surface area contributed by atoms with E-state index in [0.29, 0.717) is 42.4 Å². The fourth-order valence-corrected chi connectivity index (χ4v) is 5.96. The van der Waals surface area contributed by atoms with Crippen molar-refractivity contribution in [3.05, 3.63) is 53.3 Å². The molecule has 0 radical (unpaired) electrons. The third-order valence-corrected chi connectivity index (χ3v) is 7.92. The number of fused-ring (bicyclic) bond motifs is 1. The molecule has 0 spiro atoms. The topological polar surface area (TPSA) is 105 Å². The highest BCUT2D eigenvalue weighted by Crippen LogP contribution is 2.36. The van der Waals surface area contributed by atoms with Crippen molar-refractivity contribution in [2.75, 3.05) is 13.1 Å². The van der Waals surface area contributed by atoms with Crippen molar-refractivity contribution < 1.29 is 23.4 Å². The number of nitrogens with zero attached hydrogens (tertiary/aromatic N) is 3. The predicted molar refractivity (Wildman–Crippen MR) is 126 cm³/mol. The monoisotopic (exact) mass is 493 g/mol. The van der Waals surface area contributed by atoms with Crippen LogP contribution < -0.4 is 4.74 Å². The Hall–Kier alpha value is -2.17. The Kier molecular flexibility index (Phi) is 6.97. The van der Waals surface area contributed by atoms with Crippen LogP contribution in [0, 0.1) is 0 Å². The van der Waals surface area contributed by atoms with Gasteiger partial charge in [0, 0.05) is 30.9 Å². The van der Waals surface area contributed by atoms with Crippen LogP contribution in [-0.4, -0.2) is 58.0 Å². The number of halogens is 1. The molecule has 0 saturated carbocycles. The van der Waals surface area contributed by atoms with E-state index >= 15 is 0 Å². The van der Waals surface area contributed by atoms with Crippen molar-refractivity contribution in [2.24, 2.45) is 0 Å². The normalized spacial score (nSPS) is 16.2. The van der Waals surface area contributed by atoms with Gasteiger partial charge in [0.15, 0.2) is 6.29 Å². The third-order valence-electron chi connectivity index (χ3n) is 5.80. The first-order valence-corrected chi connectivity index (χ1v) is 12.7. The molecule has 1 aliphatic rings. The Bertz CT molecular complexity index is 1220. The van der Waals surface area contributed by atoms with E-state index in [1.54, 1.807) is 28.8 Å². The molecule has 0 bridgehead atoms. The Morgan fingerprint density at radius 2 is 1.85 bits per heavy atom. The molecule has 1 fully saturated rings. The zero-order valence-corrected chi connectivity index (χ0v) is 20.1. The van der Waals surface area contributed by atoms with E-state index in [2.05, 4.69) is 4.98 Å². The van der Waals surface area contributed by atoms with E-state index in [1.807, 2.05) is 26.1 Å². The lowest BCUT2D eigenvalue weighted by Gasteiger charge is -2.31. The van der Waals surface area contributed by atoms with Crippen molar-refractivity contribution >= 4 is 32.7 Å². The maximum Gasteiger partial charge on any atom is 0.243 e. The first-order chi connectivity index (χ1) is 15.6. The number of aliphatic hydroxyl groups is 2. The number of hydrogen-bond donors (Lipinski definition) is 2. The van der Waals surface area contributed by atoms with Gasteiger partial charge in [-0.05, 0) is 68.5 Å². The van der Waals surface area contributed by atoms with Crippen LogP contribution in [0.2, 0.25) is 5.02 Å². The highest BCUT2D eigenvalue weighted by Gasteiger charge is 2.31. The summed E-state index contributed by atoms with van der Waals surface area (Å²) in [6, 6.07) is 8.35. The summed E-state index contributed by atoms with van der Waals surface area (Å²) in [5.74, 6) is 0.748. The Morgan fingerprint density at radius 1 is 1.18 bits per heavy atom. The molecule has 0 unspecified atom stereocenters. The van der Waals surface area contributed by atoms with E-state index in [9.17, 15) is 18.6 Å². The minimum atomic E-state index is -3.60. The maximum atomic E-state index is 13.1. The standard InChI is InChI=1S/C23H28ClN3O5S/c1-15(2)32-18-3-5-19(6-4-18)33(30,31)27-9-7-16(8-10-27)21-13-26(14-22(28)29)23-20(21)11-17(24)12-25-23/h3-6,11-13,15-16,22,28-29H,7-10,14H2,1-2H3. The molecule has 2 aromatic heterocycles. The quantitative estimate of drug-likeness (QED) is 0.489. The second kappa shape index (κ2) is 9.60. The van der Waals surface area contributed by atoms with E-state index < -0.39 is 16.3 Å². The van der Waals surface area contributed by atoms with Gasteiger partial charge < -0.3 is 19.5 Å². The lowest BCUT2D eigenvalue weighted by Crippen LogP contribution is -2.37. The van der Waals surface area contributed by atoms with Crippen LogP contribution in [-0.2, 0) is 16.6 Å². The summed E-state index contributed by atoms with van der Waals surface area (Å²) in [4.78, 5) is 4.61. The van der Waals surface area contributed by atoms with Gasteiger partial charge >= 0.3 is 0 Å². The minimum absolute atomic E-state index is 0.00508. The predicted octanol–water partition coefficient (Wildman–Crippen LogP) is 3.36. The zero-order chi connectivity index (χ0) is 23.8. The summed E-state index contributed by atoms with van der Waals surface area (Å²) in [5.41, 5.74) is 1.62. The van der Waals surface area contributed by atoms with Gasteiger partial charge in [-0.25, -0.2) is 13.4 Å². The van der Waals surface area contributed by atoms with E-state index in [1.165, 1.54) is 10.5 Å². The second-order valence-electron chi connectivity index (χ2n) is 8.56. The van der Waals surface area contributed by atoms with Gasteiger partial charge in [0.2, 0.25) is 10.0 Å². The lowest BCUT2D eigenvalue weighted by molar-refractivity contribution is -0.0506. The summed E-state index contributed by atoms with van der Waals surface area (Å²) < 4.78 is 35.1.